The first-order chi connectivity index (χ1) is 7.25. The molecule has 2 aromatic rings. The highest BCUT2D eigenvalue weighted by Crippen LogP contribution is 2.22. The second-order valence-electron chi connectivity index (χ2n) is 3.67. The number of H-pyrrole nitrogens is 1. The first-order valence-electron chi connectivity index (χ1n) is 4.94. The summed E-state index contributed by atoms with van der Waals surface area (Å²) >= 11 is 1.62. The number of rotatable bonds is 4. The van der Waals surface area contributed by atoms with Crippen molar-refractivity contribution in [3.8, 4) is 0 Å². The Kier molecular flexibility index (Phi) is 3.01. The van der Waals surface area contributed by atoms with E-state index >= 15 is 0 Å². The zero-order chi connectivity index (χ0) is 10.7. The summed E-state index contributed by atoms with van der Waals surface area (Å²) in [7, 11) is 0. The minimum Gasteiger partial charge on any atom is -0.367 e. The molecule has 0 saturated carbocycles. The lowest BCUT2D eigenvalue weighted by atomic mass is 10.2. The second-order valence-corrected chi connectivity index (χ2v) is 4.68. The van der Waals surface area contributed by atoms with Crippen molar-refractivity contribution < 1.29 is 0 Å². The lowest BCUT2D eigenvalue weighted by molar-refractivity contribution is 0.824. The maximum atomic E-state index is 4.11. The van der Waals surface area contributed by atoms with Gasteiger partial charge in [0.1, 0.15) is 5.01 Å². The second kappa shape index (κ2) is 4.44. The van der Waals surface area contributed by atoms with Gasteiger partial charge in [-0.05, 0) is 11.6 Å². The Morgan fingerprint density at radius 1 is 1.47 bits per heavy atom. The monoisotopic (exact) mass is 222 g/mol. The number of hydrogen-bond donors (Lipinski definition) is 2. The summed E-state index contributed by atoms with van der Waals surface area (Å²) < 4.78 is 0. The Hall–Kier alpha value is -1.36. The fourth-order valence-electron chi connectivity index (χ4n) is 1.19. The Morgan fingerprint density at radius 2 is 2.33 bits per heavy atom. The van der Waals surface area contributed by atoms with Crippen LogP contribution in [0.2, 0.25) is 0 Å². The Morgan fingerprint density at radius 3 is 2.93 bits per heavy atom. The van der Waals surface area contributed by atoms with Crippen LogP contribution in [-0.2, 0) is 6.54 Å². The lowest BCUT2D eigenvalue weighted by Crippen LogP contribution is -1.97. The topological polar surface area (TPSA) is 53.6 Å². The van der Waals surface area contributed by atoms with Gasteiger partial charge in [-0.1, -0.05) is 25.2 Å². The molecule has 0 aromatic carbocycles. The molecule has 0 aliphatic heterocycles. The van der Waals surface area contributed by atoms with Gasteiger partial charge in [-0.15, -0.1) is 10.2 Å². The van der Waals surface area contributed by atoms with E-state index in [1.165, 1.54) is 5.56 Å². The molecule has 5 heteroatoms. The molecule has 2 aromatic heterocycles. The van der Waals surface area contributed by atoms with Gasteiger partial charge in [0.15, 0.2) is 0 Å². The van der Waals surface area contributed by atoms with E-state index in [4.69, 9.17) is 0 Å². The molecule has 0 amide bonds. The molecule has 80 valence electrons. The molecule has 4 nitrogen and oxygen atoms in total. The van der Waals surface area contributed by atoms with Crippen LogP contribution in [-0.4, -0.2) is 15.2 Å². The summed E-state index contributed by atoms with van der Waals surface area (Å²) in [6.07, 6.45) is 3.88. The van der Waals surface area contributed by atoms with Crippen molar-refractivity contribution in [1.29, 1.82) is 0 Å². The highest BCUT2D eigenvalue weighted by molar-refractivity contribution is 7.15. The van der Waals surface area contributed by atoms with E-state index in [9.17, 15) is 0 Å². The lowest BCUT2D eigenvalue weighted by Gasteiger charge is -1.98. The molecule has 0 spiro atoms. The van der Waals surface area contributed by atoms with Crippen LogP contribution in [0, 0.1) is 0 Å². The molecule has 0 aliphatic carbocycles. The van der Waals surface area contributed by atoms with Gasteiger partial charge >= 0.3 is 0 Å². The molecule has 0 saturated heterocycles. The summed E-state index contributed by atoms with van der Waals surface area (Å²) in [4.78, 5) is 3.02. The van der Waals surface area contributed by atoms with E-state index < -0.39 is 0 Å². The van der Waals surface area contributed by atoms with Crippen molar-refractivity contribution >= 4 is 16.5 Å². The molecule has 0 fully saturated rings. The SMILES string of the molecule is CC(C)c1nnc(NCc2cc[nH]c2)s1. The predicted molar refractivity (Wildman–Crippen MR) is 62.1 cm³/mol. The van der Waals surface area contributed by atoms with Crippen LogP contribution in [0.4, 0.5) is 5.13 Å². The number of hydrogen-bond acceptors (Lipinski definition) is 4. The maximum Gasteiger partial charge on any atom is 0.205 e. The highest BCUT2D eigenvalue weighted by Gasteiger charge is 2.06. The van der Waals surface area contributed by atoms with Crippen LogP contribution in [0.5, 0.6) is 0 Å². The van der Waals surface area contributed by atoms with E-state index in [0.717, 1.165) is 16.7 Å². The van der Waals surface area contributed by atoms with E-state index in [2.05, 4.69) is 34.3 Å². The van der Waals surface area contributed by atoms with Gasteiger partial charge in [0.2, 0.25) is 5.13 Å². The van der Waals surface area contributed by atoms with Crippen molar-refractivity contribution in [1.82, 2.24) is 15.2 Å². The fraction of sp³-hybridized carbons (Fsp3) is 0.400. The van der Waals surface area contributed by atoms with Crippen LogP contribution >= 0.6 is 11.3 Å². The third-order valence-electron chi connectivity index (χ3n) is 2.04. The van der Waals surface area contributed by atoms with Crippen LogP contribution in [0.25, 0.3) is 0 Å². The van der Waals surface area contributed by atoms with Gasteiger partial charge in [0.25, 0.3) is 0 Å². The summed E-state index contributed by atoms with van der Waals surface area (Å²) in [6, 6.07) is 2.04. The van der Waals surface area contributed by atoms with Gasteiger partial charge in [-0.25, -0.2) is 0 Å². The van der Waals surface area contributed by atoms with Gasteiger partial charge in [0, 0.05) is 24.9 Å². The van der Waals surface area contributed by atoms with E-state index in [0.29, 0.717) is 5.92 Å². The van der Waals surface area contributed by atoms with Crippen LogP contribution in [0.15, 0.2) is 18.5 Å². The normalized spacial score (nSPS) is 10.9. The van der Waals surface area contributed by atoms with Crippen LogP contribution in [0.1, 0.15) is 30.3 Å². The van der Waals surface area contributed by atoms with Gasteiger partial charge < -0.3 is 10.3 Å². The summed E-state index contributed by atoms with van der Waals surface area (Å²) in [5, 5.41) is 13.4. The van der Waals surface area contributed by atoms with Gasteiger partial charge in [-0.3, -0.25) is 0 Å². The molecule has 2 heterocycles. The average Bonchev–Trinajstić information content (AvgIpc) is 2.86. The number of aromatic amines is 1. The first-order valence-corrected chi connectivity index (χ1v) is 5.76. The molecule has 2 N–H and O–H groups in total. The van der Waals surface area contributed by atoms with Crippen LogP contribution in [0.3, 0.4) is 0 Å². The Balaban J connectivity index is 1.94. The zero-order valence-electron chi connectivity index (χ0n) is 8.82. The highest BCUT2D eigenvalue weighted by atomic mass is 32.1. The number of aromatic nitrogens is 3. The quantitative estimate of drug-likeness (QED) is 0.836. The molecule has 0 unspecified atom stereocenters. The zero-order valence-corrected chi connectivity index (χ0v) is 9.64. The fourth-order valence-corrected chi connectivity index (χ4v) is 1.93. The van der Waals surface area contributed by atoms with Crippen molar-refractivity contribution in [2.75, 3.05) is 5.32 Å². The molecule has 0 bridgehead atoms. The van der Waals surface area contributed by atoms with Crippen LogP contribution < -0.4 is 5.32 Å². The average molecular weight is 222 g/mol. The maximum absolute atomic E-state index is 4.11. The molecular weight excluding hydrogens is 208 g/mol. The minimum absolute atomic E-state index is 0.449. The van der Waals surface area contributed by atoms with Crippen molar-refractivity contribution in [2.24, 2.45) is 0 Å². The predicted octanol–water partition coefficient (Wildman–Crippen LogP) is 2.60. The molecule has 0 atom stereocenters. The smallest absolute Gasteiger partial charge is 0.205 e. The van der Waals surface area contributed by atoms with E-state index in [-0.39, 0.29) is 0 Å². The number of nitrogens with one attached hydrogen (secondary N) is 2. The van der Waals surface area contributed by atoms with Crippen molar-refractivity contribution in [2.45, 2.75) is 26.3 Å². The summed E-state index contributed by atoms with van der Waals surface area (Å²) in [5.74, 6) is 0.449. The van der Waals surface area contributed by atoms with Crippen molar-refractivity contribution in [3.63, 3.8) is 0 Å². The largest absolute Gasteiger partial charge is 0.367 e. The third-order valence-corrected chi connectivity index (χ3v) is 3.22. The molecular formula is C10H14N4S. The summed E-state index contributed by atoms with van der Waals surface area (Å²) in [6.45, 7) is 5.03. The summed E-state index contributed by atoms with van der Waals surface area (Å²) in [5.41, 5.74) is 1.22. The van der Waals surface area contributed by atoms with E-state index in [1.54, 1.807) is 11.3 Å². The Labute approximate surface area is 92.8 Å². The third kappa shape index (κ3) is 2.56. The van der Waals surface area contributed by atoms with E-state index in [1.807, 2.05) is 18.5 Å². The first kappa shape index (κ1) is 10.2. The molecule has 0 radical (unpaired) electrons. The number of nitrogens with zero attached hydrogens (tertiary/aromatic N) is 2. The molecule has 0 aliphatic rings. The standard InChI is InChI=1S/C10H14N4S/c1-7(2)9-13-14-10(15-9)12-6-8-3-4-11-5-8/h3-5,7,11H,6H2,1-2H3,(H,12,14). The number of anilines is 1. The molecule has 15 heavy (non-hydrogen) atoms. The van der Waals surface area contributed by atoms with Gasteiger partial charge in [0.05, 0.1) is 0 Å². The minimum atomic E-state index is 0.449. The Bertz CT molecular complexity index is 405. The van der Waals surface area contributed by atoms with Crippen molar-refractivity contribution in [3.05, 3.63) is 29.0 Å². The van der Waals surface area contributed by atoms with Gasteiger partial charge in [-0.2, -0.15) is 0 Å². The molecule has 2 rings (SSSR count).